The molecule has 0 atom stereocenters. The minimum atomic E-state index is -0.319. The average Bonchev–Trinajstić information content (AvgIpc) is 3.23. The van der Waals surface area contributed by atoms with Crippen molar-refractivity contribution in [2.75, 3.05) is 0 Å². The Morgan fingerprint density at radius 2 is 2.10 bits per heavy atom. The highest BCUT2D eigenvalue weighted by Gasteiger charge is 2.23. The third kappa shape index (κ3) is 3.79. The first-order chi connectivity index (χ1) is 14.5. The van der Waals surface area contributed by atoms with Crippen molar-refractivity contribution in [1.29, 1.82) is 5.26 Å². The van der Waals surface area contributed by atoms with Crippen molar-refractivity contribution >= 4 is 35.1 Å². The van der Waals surface area contributed by atoms with Gasteiger partial charge < -0.3 is 4.57 Å². The highest BCUT2D eigenvalue weighted by Crippen LogP contribution is 2.38. The number of nitrogens with zero attached hydrogens (tertiary/aromatic N) is 3. The van der Waals surface area contributed by atoms with Crippen LogP contribution in [0.25, 0.3) is 5.00 Å². The minimum Gasteiger partial charge on any atom is -0.308 e. The SMILES string of the molecule is Cc1cc(/C=N/NC(=O)c2cccc(Cl)c2)c(C)n1-c1sc2c(c1C#N)CCCC2. The molecular weight excluding hydrogens is 416 g/mol. The van der Waals surface area contributed by atoms with Gasteiger partial charge in [-0.05, 0) is 69.4 Å². The smallest absolute Gasteiger partial charge is 0.271 e. The molecule has 2 heterocycles. The first-order valence-electron chi connectivity index (χ1n) is 9.82. The number of nitriles is 1. The molecule has 1 aliphatic carbocycles. The van der Waals surface area contributed by atoms with Crippen LogP contribution in [0.2, 0.25) is 5.02 Å². The van der Waals surface area contributed by atoms with Gasteiger partial charge in [-0.2, -0.15) is 10.4 Å². The molecule has 0 saturated heterocycles. The van der Waals surface area contributed by atoms with Gasteiger partial charge in [0.25, 0.3) is 5.91 Å². The van der Waals surface area contributed by atoms with Crippen molar-refractivity contribution in [2.45, 2.75) is 39.5 Å². The molecule has 0 radical (unpaired) electrons. The van der Waals surface area contributed by atoms with E-state index in [1.165, 1.54) is 16.9 Å². The Morgan fingerprint density at radius 1 is 1.30 bits per heavy atom. The first kappa shape index (κ1) is 20.4. The van der Waals surface area contributed by atoms with E-state index >= 15 is 0 Å². The number of hydrogen-bond donors (Lipinski definition) is 1. The quantitative estimate of drug-likeness (QED) is 0.444. The predicted octanol–water partition coefficient (Wildman–Crippen LogP) is 5.32. The number of carbonyl (C=O) groups is 1. The second-order valence-electron chi connectivity index (χ2n) is 7.37. The summed E-state index contributed by atoms with van der Waals surface area (Å²) in [4.78, 5) is 13.6. The fourth-order valence-electron chi connectivity index (χ4n) is 3.91. The number of benzene rings is 1. The molecular formula is C23H21ClN4OS. The van der Waals surface area contributed by atoms with Crippen LogP contribution < -0.4 is 5.43 Å². The number of carbonyl (C=O) groups excluding carboxylic acids is 1. The van der Waals surface area contributed by atoms with E-state index in [9.17, 15) is 10.1 Å². The third-order valence-electron chi connectivity index (χ3n) is 5.39. The van der Waals surface area contributed by atoms with Crippen molar-refractivity contribution in [3.63, 3.8) is 0 Å². The van der Waals surface area contributed by atoms with Gasteiger partial charge in [0.05, 0.1) is 11.8 Å². The van der Waals surface area contributed by atoms with Gasteiger partial charge in [0.1, 0.15) is 11.1 Å². The van der Waals surface area contributed by atoms with Crippen LogP contribution in [-0.4, -0.2) is 16.7 Å². The molecule has 30 heavy (non-hydrogen) atoms. The van der Waals surface area contributed by atoms with Crippen LogP contribution >= 0.6 is 22.9 Å². The van der Waals surface area contributed by atoms with E-state index in [0.717, 1.165) is 46.8 Å². The second kappa shape index (κ2) is 8.47. The molecule has 2 aromatic heterocycles. The number of hydrogen-bond acceptors (Lipinski definition) is 4. The minimum absolute atomic E-state index is 0.319. The Morgan fingerprint density at radius 3 is 2.87 bits per heavy atom. The van der Waals surface area contributed by atoms with E-state index in [4.69, 9.17) is 11.6 Å². The topological polar surface area (TPSA) is 70.2 Å². The highest BCUT2D eigenvalue weighted by molar-refractivity contribution is 7.15. The molecule has 152 valence electrons. The number of hydrazone groups is 1. The van der Waals surface area contributed by atoms with Crippen molar-refractivity contribution in [1.82, 2.24) is 9.99 Å². The summed E-state index contributed by atoms with van der Waals surface area (Å²) in [5, 5.41) is 15.4. The number of aryl methyl sites for hydroxylation is 2. The number of thiophene rings is 1. The molecule has 0 aliphatic heterocycles. The van der Waals surface area contributed by atoms with Crippen molar-refractivity contribution in [3.05, 3.63) is 73.9 Å². The molecule has 0 spiro atoms. The summed E-state index contributed by atoms with van der Waals surface area (Å²) in [6.07, 6.45) is 6.01. The van der Waals surface area contributed by atoms with Crippen molar-refractivity contribution in [2.24, 2.45) is 5.10 Å². The molecule has 3 aromatic rings. The van der Waals surface area contributed by atoms with Crippen molar-refractivity contribution in [3.8, 4) is 11.1 Å². The zero-order chi connectivity index (χ0) is 21.3. The van der Waals surface area contributed by atoms with E-state index < -0.39 is 0 Å². The normalized spacial score (nSPS) is 13.3. The number of nitrogens with one attached hydrogen (secondary N) is 1. The molecule has 0 fully saturated rings. The Labute approximate surface area is 184 Å². The summed E-state index contributed by atoms with van der Waals surface area (Å²) >= 11 is 7.66. The lowest BCUT2D eigenvalue weighted by Crippen LogP contribution is -2.17. The highest BCUT2D eigenvalue weighted by atomic mass is 35.5. The summed E-state index contributed by atoms with van der Waals surface area (Å²) < 4.78 is 2.13. The molecule has 1 N–H and O–H groups in total. The molecule has 1 amide bonds. The maximum atomic E-state index is 12.2. The van der Waals surface area contributed by atoms with Crippen LogP contribution in [0.3, 0.4) is 0 Å². The maximum Gasteiger partial charge on any atom is 0.271 e. The van der Waals surface area contributed by atoms with Gasteiger partial charge in [-0.1, -0.05) is 17.7 Å². The Kier molecular flexibility index (Phi) is 5.76. The summed E-state index contributed by atoms with van der Waals surface area (Å²) in [6.45, 7) is 4.03. The standard InChI is InChI=1S/C23H21ClN4OS/c1-14-10-17(13-26-27-22(29)16-6-5-7-18(24)11-16)15(2)28(14)23-20(12-25)19-8-3-4-9-21(19)30-23/h5-7,10-11,13H,3-4,8-9H2,1-2H3,(H,27,29)/b26-13+. The summed E-state index contributed by atoms with van der Waals surface area (Å²) in [5.74, 6) is -0.319. The molecule has 0 bridgehead atoms. The molecule has 1 aromatic carbocycles. The summed E-state index contributed by atoms with van der Waals surface area (Å²) in [5.41, 5.74) is 7.94. The molecule has 5 nitrogen and oxygen atoms in total. The number of aromatic nitrogens is 1. The Hall–Kier alpha value is -2.88. The molecule has 4 rings (SSSR count). The van der Waals surface area contributed by atoms with Crippen LogP contribution in [0.4, 0.5) is 0 Å². The second-order valence-corrected chi connectivity index (χ2v) is 8.89. The number of rotatable bonds is 4. The van der Waals surface area contributed by atoms with Crippen LogP contribution in [0, 0.1) is 25.2 Å². The van der Waals surface area contributed by atoms with Gasteiger partial charge >= 0.3 is 0 Å². The molecule has 7 heteroatoms. The van der Waals surface area contributed by atoms with E-state index in [-0.39, 0.29) is 5.91 Å². The maximum absolute atomic E-state index is 12.2. The van der Waals surface area contributed by atoms with E-state index in [2.05, 4.69) is 21.2 Å². The Bertz CT molecular complexity index is 1200. The first-order valence-corrected chi connectivity index (χ1v) is 11.0. The number of fused-ring (bicyclic) bond motifs is 1. The van der Waals surface area contributed by atoms with E-state index in [1.807, 2.05) is 19.9 Å². The van der Waals surface area contributed by atoms with Crippen molar-refractivity contribution < 1.29 is 4.79 Å². The average molecular weight is 437 g/mol. The summed E-state index contributed by atoms with van der Waals surface area (Å²) in [6, 6.07) is 11.2. The third-order valence-corrected chi connectivity index (χ3v) is 6.91. The van der Waals surface area contributed by atoms with Crippen LogP contribution in [0.5, 0.6) is 0 Å². The van der Waals surface area contributed by atoms with Gasteiger partial charge in [-0.3, -0.25) is 4.79 Å². The van der Waals surface area contributed by atoms with E-state index in [1.54, 1.807) is 41.8 Å². The number of halogens is 1. The van der Waals surface area contributed by atoms with Gasteiger partial charge in [0.2, 0.25) is 0 Å². The molecule has 1 aliphatic rings. The molecule has 0 saturated carbocycles. The predicted molar refractivity (Wildman–Crippen MR) is 121 cm³/mol. The monoisotopic (exact) mass is 436 g/mol. The largest absolute Gasteiger partial charge is 0.308 e. The summed E-state index contributed by atoms with van der Waals surface area (Å²) in [7, 11) is 0. The zero-order valence-electron chi connectivity index (χ0n) is 16.8. The zero-order valence-corrected chi connectivity index (χ0v) is 18.4. The molecule has 0 unspecified atom stereocenters. The van der Waals surface area contributed by atoms with Gasteiger partial charge in [0.15, 0.2) is 0 Å². The Balaban J connectivity index is 1.60. The van der Waals surface area contributed by atoms with Gasteiger partial charge in [-0.25, -0.2) is 5.43 Å². The lowest BCUT2D eigenvalue weighted by molar-refractivity contribution is 0.0955. The lowest BCUT2D eigenvalue weighted by Gasteiger charge is -2.10. The fraction of sp³-hybridized carbons (Fsp3) is 0.261. The number of amides is 1. The van der Waals surface area contributed by atoms with Crippen LogP contribution in [-0.2, 0) is 12.8 Å². The van der Waals surface area contributed by atoms with Crippen LogP contribution in [0.15, 0.2) is 35.4 Å². The van der Waals surface area contributed by atoms with Crippen LogP contribution in [0.1, 0.15) is 56.2 Å². The van der Waals surface area contributed by atoms with Gasteiger partial charge in [-0.15, -0.1) is 11.3 Å². The van der Waals surface area contributed by atoms with Gasteiger partial charge in [0, 0.05) is 32.4 Å². The fourth-order valence-corrected chi connectivity index (χ4v) is 5.55. The van der Waals surface area contributed by atoms with E-state index in [0.29, 0.717) is 10.6 Å². The lowest BCUT2D eigenvalue weighted by atomic mass is 9.96.